The molecular formula is C25H19ClO4. The normalized spacial score (nSPS) is 14.1. The van der Waals surface area contributed by atoms with Crippen molar-refractivity contribution < 1.29 is 19.0 Å². The Hall–Kier alpha value is -3.50. The summed E-state index contributed by atoms with van der Waals surface area (Å²) in [5.41, 5.74) is 2.31. The van der Waals surface area contributed by atoms with Gasteiger partial charge in [0, 0.05) is 22.2 Å². The highest BCUT2D eigenvalue weighted by Crippen LogP contribution is 2.34. The van der Waals surface area contributed by atoms with Crippen LogP contribution in [0.15, 0.2) is 84.6 Å². The molecule has 30 heavy (non-hydrogen) atoms. The van der Waals surface area contributed by atoms with Gasteiger partial charge in [0.25, 0.3) is 0 Å². The Labute approximate surface area is 180 Å². The van der Waals surface area contributed by atoms with Crippen LogP contribution in [0.1, 0.15) is 21.5 Å². The van der Waals surface area contributed by atoms with Crippen molar-refractivity contribution in [1.29, 1.82) is 0 Å². The Morgan fingerprint density at radius 3 is 2.67 bits per heavy atom. The fraction of sp³-hybridized carbons (Fsp3) is 0.0800. The first-order valence-electron chi connectivity index (χ1n) is 9.40. The number of hydrogen-bond acceptors (Lipinski definition) is 4. The summed E-state index contributed by atoms with van der Waals surface area (Å²) < 4.78 is 16.9. The number of para-hydroxylation sites is 1. The van der Waals surface area contributed by atoms with Crippen LogP contribution >= 0.6 is 11.6 Å². The van der Waals surface area contributed by atoms with Gasteiger partial charge in [-0.3, -0.25) is 4.79 Å². The molecule has 0 saturated heterocycles. The number of halogens is 1. The Kier molecular flexibility index (Phi) is 5.87. The van der Waals surface area contributed by atoms with Crippen LogP contribution in [0.2, 0.25) is 5.02 Å². The zero-order chi connectivity index (χ0) is 20.9. The maximum absolute atomic E-state index is 12.6. The zero-order valence-corrected chi connectivity index (χ0v) is 17.1. The van der Waals surface area contributed by atoms with E-state index >= 15 is 0 Å². The number of ether oxygens (including phenoxy) is 3. The summed E-state index contributed by atoms with van der Waals surface area (Å²) in [6, 6.07) is 20.3. The van der Waals surface area contributed by atoms with E-state index in [2.05, 4.69) is 0 Å². The summed E-state index contributed by atoms with van der Waals surface area (Å²) >= 11 is 6.16. The summed E-state index contributed by atoms with van der Waals surface area (Å²) in [5, 5.41) is 0.650. The molecule has 3 aromatic carbocycles. The Balaban J connectivity index is 1.47. The summed E-state index contributed by atoms with van der Waals surface area (Å²) in [6.07, 6.45) is 5.29. The first kappa shape index (κ1) is 19.8. The van der Waals surface area contributed by atoms with Crippen LogP contribution in [0.4, 0.5) is 0 Å². The van der Waals surface area contributed by atoms with Crippen LogP contribution < -0.4 is 14.2 Å². The second kappa shape index (κ2) is 8.89. The highest BCUT2D eigenvalue weighted by Gasteiger charge is 2.27. The van der Waals surface area contributed by atoms with Crippen molar-refractivity contribution in [2.24, 2.45) is 0 Å². The van der Waals surface area contributed by atoms with E-state index in [0.29, 0.717) is 28.7 Å². The van der Waals surface area contributed by atoms with E-state index in [4.69, 9.17) is 25.8 Å². The van der Waals surface area contributed by atoms with Gasteiger partial charge in [-0.25, -0.2) is 0 Å². The molecule has 0 spiro atoms. The fourth-order valence-corrected chi connectivity index (χ4v) is 3.28. The molecule has 1 heterocycles. The smallest absolute Gasteiger partial charge is 0.231 e. The van der Waals surface area contributed by atoms with Crippen LogP contribution in [0.25, 0.3) is 6.08 Å². The lowest BCUT2D eigenvalue weighted by Crippen LogP contribution is -1.97. The van der Waals surface area contributed by atoms with Crippen LogP contribution in [0, 0.1) is 0 Å². The number of fused-ring (bicyclic) bond motifs is 1. The number of ketones is 1. The van der Waals surface area contributed by atoms with Crippen molar-refractivity contribution in [3.05, 3.63) is 106 Å². The Bertz CT molecular complexity index is 1150. The zero-order valence-electron chi connectivity index (χ0n) is 16.3. The van der Waals surface area contributed by atoms with Gasteiger partial charge in [-0.15, -0.1) is 0 Å². The highest BCUT2D eigenvalue weighted by molar-refractivity contribution is 6.31. The molecule has 0 N–H and O–H groups in total. The van der Waals surface area contributed by atoms with Crippen LogP contribution in [0.5, 0.6) is 17.2 Å². The minimum Gasteiger partial charge on any atom is -0.496 e. The standard InChI is InChI=1S/C25H19ClO4/c1-28-22-11-5-3-7-17(22)9-6-12-23-25(27)20-14-13-19(15-24(20)30-23)29-16-18-8-2-4-10-21(18)26/h2-15H,16H2,1H3. The summed E-state index contributed by atoms with van der Waals surface area (Å²) in [6.45, 7) is 0.330. The number of benzene rings is 3. The number of rotatable bonds is 6. The molecule has 0 aliphatic carbocycles. The molecule has 0 unspecified atom stereocenters. The molecule has 4 rings (SSSR count). The Morgan fingerprint density at radius 2 is 1.83 bits per heavy atom. The van der Waals surface area contributed by atoms with E-state index in [-0.39, 0.29) is 11.5 Å². The van der Waals surface area contributed by atoms with Gasteiger partial charge in [0.2, 0.25) is 5.78 Å². The van der Waals surface area contributed by atoms with Gasteiger partial charge in [-0.05, 0) is 30.3 Å². The van der Waals surface area contributed by atoms with Crippen molar-refractivity contribution in [2.75, 3.05) is 7.11 Å². The average Bonchev–Trinajstić information content (AvgIpc) is 3.08. The molecule has 0 fully saturated rings. The summed E-state index contributed by atoms with van der Waals surface area (Å²) in [7, 11) is 1.62. The predicted octanol–water partition coefficient (Wildman–Crippen LogP) is 6.10. The lowest BCUT2D eigenvalue weighted by Gasteiger charge is -2.08. The lowest BCUT2D eigenvalue weighted by atomic mass is 10.1. The van der Waals surface area contributed by atoms with Gasteiger partial charge in [0.05, 0.1) is 12.7 Å². The molecule has 0 radical (unpaired) electrons. The van der Waals surface area contributed by atoms with E-state index in [1.54, 1.807) is 37.5 Å². The second-order valence-corrected chi connectivity index (χ2v) is 7.01. The van der Waals surface area contributed by atoms with Crippen LogP contribution in [-0.2, 0) is 6.61 Å². The van der Waals surface area contributed by atoms with Crippen molar-refractivity contribution in [3.8, 4) is 17.2 Å². The first-order chi connectivity index (χ1) is 14.7. The largest absolute Gasteiger partial charge is 0.496 e. The lowest BCUT2D eigenvalue weighted by molar-refractivity contribution is 0.101. The average molecular weight is 419 g/mol. The van der Waals surface area contributed by atoms with Crippen molar-refractivity contribution >= 4 is 23.5 Å². The molecule has 4 nitrogen and oxygen atoms in total. The molecule has 0 atom stereocenters. The van der Waals surface area contributed by atoms with Crippen LogP contribution in [0.3, 0.4) is 0 Å². The predicted molar refractivity (Wildman–Crippen MR) is 117 cm³/mol. The third kappa shape index (κ3) is 4.24. The van der Waals surface area contributed by atoms with E-state index in [1.165, 1.54) is 0 Å². The van der Waals surface area contributed by atoms with E-state index in [1.807, 2.05) is 54.6 Å². The van der Waals surface area contributed by atoms with Gasteiger partial charge in [0.1, 0.15) is 23.9 Å². The van der Waals surface area contributed by atoms with Crippen molar-refractivity contribution in [3.63, 3.8) is 0 Å². The minimum atomic E-state index is -0.160. The Morgan fingerprint density at radius 1 is 1.03 bits per heavy atom. The molecule has 0 bridgehead atoms. The monoisotopic (exact) mass is 418 g/mol. The van der Waals surface area contributed by atoms with Gasteiger partial charge < -0.3 is 14.2 Å². The van der Waals surface area contributed by atoms with Gasteiger partial charge >= 0.3 is 0 Å². The molecule has 150 valence electrons. The topological polar surface area (TPSA) is 44.8 Å². The molecule has 1 aliphatic rings. The summed E-state index contributed by atoms with van der Waals surface area (Å²) in [5.74, 6) is 1.95. The summed E-state index contributed by atoms with van der Waals surface area (Å²) in [4.78, 5) is 12.6. The number of carbonyl (C=O) groups excluding carboxylic acids is 1. The maximum atomic E-state index is 12.6. The third-order valence-corrected chi connectivity index (χ3v) is 5.02. The van der Waals surface area contributed by atoms with Crippen molar-refractivity contribution in [2.45, 2.75) is 6.61 Å². The number of allylic oxidation sites excluding steroid dienone is 3. The van der Waals surface area contributed by atoms with E-state index in [9.17, 15) is 4.79 Å². The highest BCUT2D eigenvalue weighted by atomic mass is 35.5. The van der Waals surface area contributed by atoms with Crippen molar-refractivity contribution in [1.82, 2.24) is 0 Å². The molecule has 3 aromatic rings. The molecular weight excluding hydrogens is 400 g/mol. The van der Waals surface area contributed by atoms with Gasteiger partial charge in [-0.2, -0.15) is 0 Å². The van der Waals surface area contributed by atoms with E-state index < -0.39 is 0 Å². The number of methoxy groups -OCH3 is 1. The maximum Gasteiger partial charge on any atom is 0.231 e. The number of Topliss-reactive ketones (excluding diaryl/α,β-unsaturated/α-hetero) is 1. The second-order valence-electron chi connectivity index (χ2n) is 6.60. The first-order valence-corrected chi connectivity index (χ1v) is 9.77. The molecule has 1 aliphatic heterocycles. The fourth-order valence-electron chi connectivity index (χ4n) is 3.09. The molecule has 0 aromatic heterocycles. The van der Waals surface area contributed by atoms with Crippen LogP contribution in [-0.4, -0.2) is 12.9 Å². The number of hydrogen-bond donors (Lipinski definition) is 0. The van der Waals surface area contributed by atoms with Gasteiger partial charge in [-0.1, -0.05) is 60.2 Å². The minimum absolute atomic E-state index is 0.160. The number of carbonyl (C=O) groups is 1. The molecule has 0 saturated carbocycles. The molecule has 0 amide bonds. The SMILES string of the molecule is COc1ccccc1C=CC=C1Oc2cc(OCc3ccccc3Cl)ccc2C1=O. The molecule has 5 heteroatoms. The quantitative estimate of drug-likeness (QED) is 0.454. The third-order valence-electron chi connectivity index (χ3n) is 4.66. The van der Waals surface area contributed by atoms with E-state index in [0.717, 1.165) is 16.9 Å². The van der Waals surface area contributed by atoms with Gasteiger partial charge in [0.15, 0.2) is 5.76 Å².